The van der Waals surface area contributed by atoms with Crippen molar-refractivity contribution < 1.29 is 0 Å². The minimum Gasteiger partial charge on any atom is -0.379 e. The first kappa shape index (κ1) is 11.0. The molecule has 0 amide bonds. The van der Waals surface area contributed by atoms with Gasteiger partial charge in [-0.05, 0) is 25.0 Å². The third kappa shape index (κ3) is 3.21. The first-order chi connectivity index (χ1) is 7.36. The number of thioether (sulfide) groups is 1. The average Bonchev–Trinajstić information content (AvgIpc) is 2.29. The van der Waals surface area contributed by atoms with E-state index in [0.29, 0.717) is 5.92 Å². The van der Waals surface area contributed by atoms with Gasteiger partial charge in [-0.15, -0.1) is 11.8 Å². The standard InChI is InChI=1S/C12H15NS2/c14-12-10(5-4-8-13-12)9-15-11-6-2-1-3-7-11/h1-3,6-7,10H,4-5,8-9H2,(H,13,14). The molecule has 1 fully saturated rings. The Morgan fingerprint density at radius 1 is 1.33 bits per heavy atom. The molecule has 1 aromatic carbocycles. The summed E-state index contributed by atoms with van der Waals surface area (Å²) in [5, 5.41) is 3.29. The summed E-state index contributed by atoms with van der Waals surface area (Å²) in [6.45, 7) is 1.06. The highest BCUT2D eigenvalue weighted by molar-refractivity contribution is 7.99. The van der Waals surface area contributed by atoms with E-state index in [1.165, 1.54) is 17.7 Å². The summed E-state index contributed by atoms with van der Waals surface area (Å²) < 4.78 is 0. The number of hydrogen-bond acceptors (Lipinski definition) is 2. The van der Waals surface area contributed by atoms with Crippen LogP contribution in [0.5, 0.6) is 0 Å². The zero-order valence-corrected chi connectivity index (χ0v) is 10.2. The lowest BCUT2D eigenvalue weighted by atomic mass is 10.0. The third-order valence-electron chi connectivity index (χ3n) is 2.59. The number of nitrogens with one attached hydrogen (secondary N) is 1. The highest BCUT2D eigenvalue weighted by Gasteiger charge is 2.18. The highest BCUT2D eigenvalue weighted by Crippen LogP contribution is 2.24. The van der Waals surface area contributed by atoms with Crippen molar-refractivity contribution in [2.75, 3.05) is 12.3 Å². The maximum absolute atomic E-state index is 5.32. The Bertz CT molecular complexity index is 324. The summed E-state index contributed by atoms with van der Waals surface area (Å²) in [7, 11) is 0. The Labute approximate surface area is 101 Å². The van der Waals surface area contributed by atoms with Gasteiger partial charge < -0.3 is 5.32 Å². The molecule has 0 bridgehead atoms. The van der Waals surface area contributed by atoms with Crippen LogP contribution in [-0.2, 0) is 0 Å². The fourth-order valence-corrected chi connectivity index (χ4v) is 3.19. The minimum atomic E-state index is 0.568. The normalized spacial score (nSPS) is 21.1. The second kappa shape index (κ2) is 5.52. The molecule has 3 heteroatoms. The Morgan fingerprint density at radius 3 is 2.87 bits per heavy atom. The quantitative estimate of drug-likeness (QED) is 0.641. The van der Waals surface area contributed by atoms with Crippen LogP contribution in [0.25, 0.3) is 0 Å². The predicted molar refractivity (Wildman–Crippen MR) is 70.5 cm³/mol. The van der Waals surface area contributed by atoms with Crippen molar-refractivity contribution in [3.05, 3.63) is 30.3 Å². The van der Waals surface area contributed by atoms with Crippen molar-refractivity contribution in [2.45, 2.75) is 17.7 Å². The van der Waals surface area contributed by atoms with Crippen molar-refractivity contribution in [3.8, 4) is 0 Å². The van der Waals surface area contributed by atoms with E-state index >= 15 is 0 Å². The molecule has 1 nitrogen and oxygen atoms in total. The number of thiocarbonyl (C=S) groups is 1. The molecule has 0 aliphatic carbocycles. The van der Waals surface area contributed by atoms with Crippen LogP contribution in [0, 0.1) is 5.92 Å². The predicted octanol–water partition coefficient (Wildman–Crippen LogP) is 3.11. The third-order valence-corrected chi connectivity index (χ3v) is 4.25. The van der Waals surface area contributed by atoms with Gasteiger partial charge in [-0.3, -0.25) is 0 Å². The van der Waals surface area contributed by atoms with E-state index in [0.717, 1.165) is 17.3 Å². The van der Waals surface area contributed by atoms with Crippen LogP contribution in [0.15, 0.2) is 35.2 Å². The Morgan fingerprint density at radius 2 is 2.13 bits per heavy atom. The van der Waals surface area contributed by atoms with Gasteiger partial charge >= 0.3 is 0 Å². The molecule has 1 heterocycles. The van der Waals surface area contributed by atoms with Crippen molar-refractivity contribution in [3.63, 3.8) is 0 Å². The lowest BCUT2D eigenvalue weighted by molar-refractivity contribution is 0.575. The molecule has 0 radical (unpaired) electrons. The van der Waals surface area contributed by atoms with E-state index < -0.39 is 0 Å². The van der Waals surface area contributed by atoms with Gasteiger partial charge in [0, 0.05) is 23.1 Å². The molecular weight excluding hydrogens is 222 g/mol. The van der Waals surface area contributed by atoms with Crippen molar-refractivity contribution >= 4 is 29.0 Å². The lowest BCUT2D eigenvalue weighted by Crippen LogP contribution is -2.36. The molecule has 15 heavy (non-hydrogen) atoms. The van der Waals surface area contributed by atoms with Crippen LogP contribution < -0.4 is 5.32 Å². The van der Waals surface area contributed by atoms with E-state index in [1.54, 1.807) is 0 Å². The van der Waals surface area contributed by atoms with Crippen molar-refractivity contribution in [2.24, 2.45) is 5.92 Å². The second-order valence-corrected chi connectivity index (χ2v) is 5.29. The Kier molecular flexibility index (Phi) is 4.03. The van der Waals surface area contributed by atoms with E-state index in [2.05, 4.69) is 35.6 Å². The molecule has 1 aliphatic heterocycles. The molecular formula is C12H15NS2. The maximum Gasteiger partial charge on any atom is 0.0793 e. The molecule has 2 rings (SSSR count). The zero-order chi connectivity index (χ0) is 10.5. The molecule has 1 aliphatic rings. The van der Waals surface area contributed by atoms with Gasteiger partial charge in [-0.1, -0.05) is 30.4 Å². The van der Waals surface area contributed by atoms with Gasteiger partial charge in [0.2, 0.25) is 0 Å². The topological polar surface area (TPSA) is 12.0 Å². The first-order valence-electron chi connectivity index (χ1n) is 5.32. The summed E-state index contributed by atoms with van der Waals surface area (Å²) in [5.74, 6) is 1.68. The molecule has 1 aromatic rings. The van der Waals surface area contributed by atoms with E-state index in [4.69, 9.17) is 12.2 Å². The molecule has 1 atom stereocenters. The number of hydrogen-bond donors (Lipinski definition) is 1. The smallest absolute Gasteiger partial charge is 0.0793 e. The van der Waals surface area contributed by atoms with Crippen molar-refractivity contribution in [1.29, 1.82) is 0 Å². The number of benzene rings is 1. The van der Waals surface area contributed by atoms with Gasteiger partial charge in [0.05, 0.1) is 4.99 Å². The van der Waals surface area contributed by atoms with Crippen LogP contribution in [0.1, 0.15) is 12.8 Å². The fraction of sp³-hybridized carbons (Fsp3) is 0.417. The summed E-state index contributed by atoms with van der Waals surface area (Å²) in [5.41, 5.74) is 0. The van der Waals surface area contributed by atoms with E-state index in [1.807, 2.05) is 11.8 Å². The van der Waals surface area contributed by atoms with E-state index in [9.17, 15) is 0 Å². The summed E-state index contributed by atoms with van der Waals surface area (Å²) >= 11 is 7.22. The van der Waals surface area contributed by atoms with Gasteiger partial charge in [0.25, 0.3) is 0 Å². The van der Waals surface area contributed by atoms with Crippen LogP contribution >= 0.6 is 24.0 Å². The molecule has 1 saturated heterocycles. The number of piperidine rings is 1. The summed E-state index contributed by atoms with van der Waals surface area (Å²) in [4.78, 5) is 2.40. The second-order valence-electron chi connectivity index (χ2n) is 3.75. The molecule has 0 aromatic heterocycles. The number of rotatable bonds is 3. The largest absolute Gasteiger partial charge is 0.379 e. The fourth-order valence-electron chi connectivity index (χ4n) is 1.71. The van der Waals surface area contributed by atoms with Gasteiger partial charge in [-0.2, -0.15) is 0 Å². The highest BCUT2D eigenvalue weighted by atomic mass is 32.2. The van der Waals surface area contributed by atoms with Gasteiger partial charge in [0.1, 0.15) is 0 Å². The molecule has 0 spiro atoms. The zero-order valence-electron chi connectivity index (χ0n) is 8.61. The van der Waals surface area contributed by atoms with E-state index in [-0.39, 0.29) is 0 Å². The SMILES string of the molecule is S=C1NCCCC1CSc1ccccc1. The molecule has 1 unspecified atom stereocenters. The molecule has 80 valence electrons. The van der Waals surface area contributed by atoms with Crippen LogP contribution in [0.2, 0.25) is 0 Å². The van der Waals surface area contributed by atoms with Crippen LogP contribution in [-0.4, -0.2) is 17.3 Å². The van der Waals surface area contributed by atoms with Crippen molar-refractivity contribution in [1.82, 2.24) is 5.32 Å². The molecule has 1 N–H and O–H groups in total. The molecule has 0 saturated carbocycles. The monoisotopic (exact) mass is 237 g/mol. The Hall–Kier alpha value is -0.540. The minimum absolute atomic E-state index is 0.568. The first-order valence-corrected chi connectivity index (χ1v) is 6.71. The van der Waals surface area contributed by atoms with Gasteiger partial charge in [0.15, 0.2) is 0 Å². The van der Waals surface area contributed by atoms with Crippen LogP contribution in [0.4, 0.5) is 0 Å². The lowest BCUT2D eigenvalue weighted by Gasteiger charge is -2.24. The van der Waals surface area contributed by atoms with Crippen LogP contribution in [0.3, 0.4) is 0 Å². The summed E-state index contributed by atoms with van der Waals surface area (Å²) in [6.07, 6.45) is 2.49. The Balaban J connectivity index is 1.85. The maximum atomic E-state index is 5.32. The van der Waals surface area contributed by atoms with Gasteiger partial charge in [-0.25, -0.2) is 0 Å². The summed E-state index contributed by atoms with van der Waals surface area (Å²) in [6, 6.07) is 10.5. The average molecular weight is 237 g/mol.